The van der Waals surface area contributed by atoms with Gasteiger partial charge in [0.25, 0.3) is 17.4 Å². The quantitative estimate of drug-likeness (QED) is 0.222. The molecule has 1 heterocycles. The maximum absolute atomic E-state index is 13.0. The lowest BCUT2D eigenvalue weighted by atomic mass is 9.94. The first kappa shape index (κ1) is 20.0. The fraction of sp³-hybridized carbons (Fsp3) is 0.0833. The van der Waals surface area contributed by atoms with E-state index in [2.05, 4.69) is 0 Å². The Hall–Kier alpha value is -4.26. The number of nitrogens with zero attached hydrogens (tertiary/aromatic N) is 2. The number of carbonyl (C=O) groups excluding carboxylic acids is 2. The minimum atomic E-state index is -0.928. The second-order valence-electron chi connectivity index (χ2n) is 7.22. The van der Waals surface area contributed by atoms with Crippen LogP contribution in [0.1, 0.15) is 22.7 Å². The molecule has 4 rings (SSSR count). The van der Waals surface area contributed by atoms with Gasteiger partial charge >= 0.3 is 0 Å². The summed E-state index contributed by atoms with van der Waals surface area (Å²) in [5.74, 6) is -2.00. The van der Waals surface area contributed by atoms with Crippen molar-refractivity contribution in [3.63, 3.8) is 0 Å². The second-order valence-corrected chi connectivity index (χ2v) is 7.22. The number of amides is 1. The van der Waals surface area contributed by atoms with Crippen LogP contribution in [0, 0.1) is 17.0 Å². The highest BCUT2D eigenvalue weighted by molar-refractivity contribution is 6.51. The standard InChI is InChI=1S/C24H18N2O5/c1-15-10-12-16(13-11-15)21-20(22(27)17-6-3-2-4-7-17)23(28)24(29)25(21)18-8-5-9-19(14-18)26(30)31/h2-14,21,27H,1H3/b22-20+. The Morgan fingerprint density at radius 1 is 0.968 bits per heavy atom. The van der Waals surface area contributed by atoms with E-state index in [9.17, 15) is 24.8 Å². The first-order valence-corrected chi connectivity index (χ1v) is 9.56. The summed E-state index contributed by atoms with van der Waals surface area (Å²) >= 11 is 0. The smallest absolute Gasteiger partial charge is 0.300 e. The van der Waals surface area contributed by atoms with Crippen molar-refractivity contribution in [2.45, 2.75) is 13.0 Å². The molecule has 1 aliphatic rings. The number of aryl methyl sites for hydroxylation is 1. The topological polar surface area (TPSA) is 101 Å². The number of non-ortho nitro benzene ring substituents is 1. The molecule has 0 aromatic heterocycles. The number of Topliss-reactive ketones (excluding diaryl/α,β-unsaturated/α-hetero) is 1. The average Bonchev–Trinajstić information content (AvgIpc) is 3.05. The molecule has 1 fully saturated rings. The van der Waals surface area contributed by atoms with E-state index in [1.807, 2.05) is 19.1 Å². The summed E-state index contributed by atoms with van der Waals surface area (Å²) in [4.78, 5) is 38.0. The number of aliphatic hydroxyl groups excluding tert-OH is 1. The maximum atomic E-state index is 13.0. The average molecular weight is 414 g/mol. The molecule has 7 nitrogen and oxygen atoms in total. The van der Waals surface area contributed by atoms with Crippen molar-refractivity contribution in [2.24, 2.45) is 0 Å². The molecule has 1 atom stereocenters. The largest absolute Gasteiger partial charge is 0.507 e. The van der Waals surface area contributed by atoms with Gasteiger partial charge in [-0.25, -0.2) is 0 Å². The van der Waals surface area contributed by atoms with Gasteiger partial charge in [-0.05, 0) is 18.6 Å². The lowest BCUT2D eigenvalue weighted by molar-refractivity contribution is -0.384. The van der Waals surface area contributed by atoms with Gasteiger partial charge in [0.2, 0.25) is 0 Å². The third-order valence-corrected chi connectivity index (χ3v) is 5.20. The minimum Gasteiger partial charge on any atom is -0.507 e. The van der Waals surface area contributed by atoms with E-state index in [0.29, 0.717) is 11.1 Å². The molecule has 7 heteroatoms. The monoisotopic (exact) mass is 414 g/mol. The van der Waals surface area contributed by atoms with Gasteiger partial charge in [0.15, 0.2) is 0 Å². The number of ketones is 1. The summed E-state index contributed by atoms with van der Waals surface area (Å²) < 4.78 is 0. The fourth-order valence-electron chi connectivity index (χ4n) is 3.67. The zero-order valence-electron chi connectivity index (χ0n) is 16.6. The van der Waals surface area contributed by atoms with Gasteiger partial charge in [0, 0.05) is 17.7 Å². The summed E-state index contributed by atoms with van der Waals surface area (Å²) in [6.45, 7) is 1.91. The Bertz CT molecular complexity index is 1220. The zero-order valence-corrected chi connectivity index (χ0v) is 16.6. The van der Waals surface area contributed by atoms with E-state index in [-0.39, 0.29) is 22.7 Å². The molecular weight excluding hydrogens is 396 g/mol. The number of nitro benzene ring substituents is 1. The van der Waals surface area contributed by atoms with Crippen LogP contribution in [0.2, 0.25) is 0 Å². The molecule has 31 heavy (non-hydrogen) atoms. The van der Waals surface area contributed by atoms with Gasteiger partial charge in [0.05, 0.1) is 22.2 Å². The lowest BCUT2D eigenvalue weighted by Gasteiger charge is -2.25. The number of rotatable bonds is 4. The molecule has 0 bridgehead atoms. The molecule has 0 saturated carbocycles. The van der Waals surface area contributed by atoms with E-state index >= 15 is 0 Å². The zero-order chi connectivity index (χ0) is 22.1. The van der Waals surface area contributed by atoms with Crippen LogP contribution in [-0.2, 0) is 9.59 Å². The molecule has 1 aliphatic heterocycles. The van der Waals surface area contributed by atoms with Crippen molar-refractivity contribution >= 4 is 28.8 Å². The van der Waals surface area contributed by atoms with Crippen LogP contribution in [0.3, 0.4) is 0 Å². The van der Waals surface area contributed by atoms with Crippen molar-refractivity contribution in [3.05, 3.63) is 111 Å². The van der Waals surface area contributed by atoms with Crippen LogP contribution in [-0.4, -0.2) is 21.7 Å². The summed E-state index contributed by atoms with van der Waals surface area (Å²) in [6, 6.07) is 20.3. The van der Waals surface area contributed by atoms with Crippen molar-refractivity contribution in [3.8, 4) is 0 Å². The van der Waals surface area contributed by atoms with Crippen LogP contribution in [0.5, 0.6) is 0 Å². The van der Waals surface area contributed by atoms with Crippen LogP contribution < -0.4 is 4.90 Å². The molecule has 154 valence electrons. The second kappa shape index (κ2) is 7.87. The normalized spacial score (nSPS) is 17.7. The van der Waals surface area contributed by atoms with Crippen LogP contribution >= 0.6 is 0 Å². The van der Waals surface area contributed by atoms with Crippen molar-refractivity contribution < 1.29 is 19.6 Å². The van der Waals surface area contributed by atoms with Crippen molar-refractivity contribution in [1.82, 2.24) is 0 Å². The first-order chi connectivity index (χ1) is 14.9. The highest BCUT2D eigenvalue weighted by Gasteiger charge is 2.47. The van der Waals surface area contributed by atoms with E-state index in [1.165, 1.54) is 29.2 Å². The number of aliphatic hydroxyl groups is 1. The first-order valence-electron chi connectivity index (χ1n) is 9.56. The van der Waals surface area contributed by atoms with Crippen LogP contribution in [0.4, 0.5) is 11.4 Å². The maximum Gasteiger partial charge on any atom is 0.300 e. The molecule has 1 unspecified atom stereocenters. The van der Waals surface area contributed by atoms with Gasteiger partial charge in [-0.15, -0.1) is 0 Å². The van der Waals surface area contributed by atoms with Gasteiger partial charge in [0.1, 0.15) is 5.76 Å². The van der Waals surface area contributed by atoms with E-state index < -0.39 is 22.7 Å². The van der Waals surface area contributed by atoms with Crippen LogP contribution in [0.15, 0.2) is 84.4 Å². The summed E-state index contributed by atoms with van der Waals surface area (Å²) in [7, 11) is 0. The van der Waals surface area contributed by atoms with Gasteiger partial charge in [-0.3, -0.25) is 24.6 Å². The highest BCUT2D eigenvalue weighted by atomic mass is 16.6. The highest BCUT2D eigenvalue weighted by Crippen LogP contribution is 2.42. The number of anilines is 1. The number of nitro groups is 1. The lowest BCUT2D eigenvalue weighted by Crippen LogP contribution is -2.29. The molecule has 0 spiro atoms. The fourth-order valence-corrected chi connectivity index (χ4v) is 3.67. The predicted octanol–water partition coefficient (Wildman–Crippen LogP) is 4.53. The minimum absolute atomic E-state index is 0.0634. The predicted molar refractivity (Wildman–Crippen MR) is 116 cm³/mol. The number of hydrogen-bond acceptors (Lipinski definition) is 5. The molecule has 3 aromatic carbocycles. The third kappa shape index (κ3) is 3.57. The Labute approximate surface area is 178 Å². The van der Waals surface area contributed by atoms with Crippen molar-refractivity contribution in [2.75, 3.05) is 4.90 Å². The molecule has 3 aromatic rings. The van der Waals surface area contributed by atoms with E-state index in [0.717, 1.165) is 5.56 Å². The molecule has 1 amide bonds. The number of benzene rings is 3. The molecular formula is C24H18N2O5. The van der Waals surface area contributed by atoms with Gasteiger partial charge in [-0.1, -0.05) is 66.2 Å². The third-order valence-electron chi connectivity index (χ3n) is 5.20. The number of carbonyl (C=O) groups is 2. The van der Waals surface area contributed by atoms with Gasteiger partial charge < -0.3 is 5.11 Å². The summed E-state index contributed by atoms with van der Waals surface area (Å²) in [5, 5.41) is 22.2. The number of hydrogen-bond donors (Lipinski definition) is 1. The molecule has 0 radical (unpaired) electrons. The van der Waals surface area contributed by atoms with Gasteiger partial charge in [-0.2, -0.15) is 0 Å². The Morgan fingerprint density at radius 3 is 2.29 bits per heavy atom. The Balaban J connectivity index is 1.95. The van der Waals surface area contributed by atoms with E-state index in [1.54, 1.807) is 42.5 Å². The Morgan fingerprint density at radius 2 is 1.65 bits per heavy atom. The van der Waals surface area contributed by atoms with E-state index in [4.69, 9.17) is 0 Å². The molecule has 1 saturated heterocycles. The SMILES string of the molecule is Cc1ccc(C2/C(=C(\O)c3ccccc3)C(=O)C(=O)N2c2cccc([N+](=O)[O-])c2)cc1. The Kier molecular flexibility index (Phi) is 5.09. The molecule has 1 N–H and O–H groups in total. The van der Waals surface area contributed by atoms with Crippen LogP contribution in [0.25, 0.3) is 5.76 Å². The summed E-state index contributed by atoms with van der Waals surface area (Å²) in [5.41, 5.74) is 1.93. The summed E-state index contributed by atoms with van der Waals surface area (Å²) in [6.07, 6.45) is 0. The van der Waals surface area contributed by atoms with Crippen molar-refractivity contribution in [1.29, 1.82) is 0 Å². The molecule has 0 aliphatic carbocycles.